The SMILES string of the molecule is COc1ccc(C(=O)C2CC3CCC(C2)N3C)cc1C(F)(F)F. The van der Waals surface area contributed by atoms with Crippen LogP contribution in [0.5, 0.6) is 5.75 Å². The number of ketones is 1. The third-order valence-electron chi connectivity index (χ3n) is 5.26. The first-order chi connectivity index (χ1) is 10.8. The molecule has 0 spiro atoms. The Balaban J connectivity index is 1.86. The molecule has 2 atom stereocenters. The lowest BCUT2D eigenvalue weighted by atomic mass is 9.84. The summed E-state index contributed by atoms with van der Waals surface area (Å²) in [4.78, 5) is 15.0. The molecule has 3 nitrogen and oxygen atoms in total. The van der Waals surface area contributed by atoms with Gasteiger partial charge >= 0.3 is 6.18 Å². The molecule has 2 aliphatic heterocycles. The van der Waals surface area contributed by atoms with Crippen LogP contribution in [0.3, 0.4) is 0 Å². The molecule has 0 N–H and O–H groups in total. The van der Waals surface area contributed by atoms with Crippen LogP contribution < -0.4 is 4.74 Å². The van der Waals surface area contributed by atoms with Crippen molar-refractivity contribution >= 4 is 5.78 Å². The van der Waals surface area contributed by atoms with Crippen molar-refractivity contribution in [2.24, 2.45) is 5.92 Å². The van der Waals surface area contributed by atoms with Crippen molar-refractivity contribution in [3.05, 3.63) is 29.3 Å². The Hall–Kier alpha value is -1.56. The van der Waals surface area contributed by atoms with Gasteiger partial charge in [-0.3, -0.25) is 4.79 Å². The molecule has 2 bridgehead atoms. The van der Waals surface area contributed by atoms with Crippen molar-refractivity contribution in [3.63, 3.8) is 0 Å². The molecule has 2 heterocycles. The molecule has 0 radical (unpaired) electrons. The van der Waals surface area contributed by atoms with Crippen molar-refractivity contribution in [2.45, 2.75) is 43.9 Å². The van der Waals surface area contributed by atoms with E-state index in [0.29, 0.717) is 12.1 Å². The Bertz CT molecular complexity index is 600. The summed E-state index contributed by atoms with van der Waals surface area (Å²) in [5, 5.41) is 0. The molecule has 0 aromatic heterocycles. The van der Waals surface area contributed by atoms with Gasteiger partial charge in [-0.15, -0.1) is 0 Å². The van der Waals surface area contributed by atoms with Gasteiger partial charge in [0.2, 0.25) is 0 Å². The van der Waals surface area contributed by atoms with E-state index in [-0.39, 0.29) is 23.0 Å². The van der Waals surface area contributed by atoms with Gasteiger partial charge in [0, 0.05) is 23.6 Å². The molecule has 126 valence electrons. The molecule has 2 aliphatic rings. The summed E-state index contributed by atoms with van der Waals surface area (Å²) in [6, 6.07) is 4.36. The molecule has 2 fully saturated rings. The highest BCUT2D eigenvalue weighted by molar-refractivity contribution is 5.98. The summed E-state index contributed by atoms with van der Waals surface area (Å²) in [7, 11) is 3.26. The number of ether oxygens (including phenoxy) is 1. The van der Waals surface area contributed by atoms with Crippen LogP contribution >= 0.6 is 0 Å². The molecule has 0 amide bonds. The number of rotatable bonds is 3. The van der Waals surface area contributed by atoms with Crippen LogP contribution in [0.2, 0.25) is 0 Å². The number of halogens is 3. The van der Waals surface area contributed by atoms with Gasteiger partial charge in [0.25, 0.3) is 0 Å². The predicted molar refractivity (Wildman–Crippen MR) is 79.6 cm³/mol. The Morgan fingerprint density at radius 2 is 1.83 bits per heavy atom. The lowest BCUT2D eigenvalue weighted by molar-refractivity contribution is -0.138. The average Bonchev–Trinajstić information content (AvgIpc) is 2.74. The predicted octanol–water partition coefficient (Wildman–Crippen LogP) is 3.77. The van der Waals surface area contributed by atoms with Crippen LogP contribution in [0.15, 0.2) is 18.2 Å². The second-order valence-electron chi connectivity index (χ2n) is 6.50. The lowest BCUT2D eigenvalue weighted by Gasteiger charge is -2.35. The molecule has 2 unspecified atom stereocenters. The molecule has 3 rings (SSSR count). The monoisotopic (exact) mass is 327 g/mol. The fourth-order valence-corrected chi connectivity index (χ4v) is 3.94. The zero-order valence-electron chi connectivity index (χ0n) is 13.2. The Morgan fingerprint density at radius 3 is 2.35 bits per heavy atom. The van der Waals surface area contributed by atoms with Crippen LogP contribution in [0, 0.1) is 5.92 Å². The number of alkyl halides is 3. The standard InChI is InChI=1S/C17H20F3NO2/c1-21-12-4-5-13(21)8-11(7-12)16(22)10-3-6-15(23-2)14(9-10)17(18,19)20/h3,6,9,11-13H,4-5,7-8H2,1-2H3. The van der Waals surface area contributed by atoms with Crippen LogP contribution in [0.4, 0.5) is 13.2 Å². The number of hydrogen-bond donors (Lipinski definition) is 0. The minimum absolute atomic E-state index is 0.132. The highest BCUT2D eigenvalue weighted by Crippen LogP contribution is 2.40. The second-order valence-corrected chi connectivity index (χ2v) is 6.50. The maximum absolute atomic E-state index is 13.1. The summed E-state index contributed by atoms with van der Waals surface area (Å²) >= 11 is 0. The maximum atomic E-state index is 13.1. The van der Waals surface area contributed by atoms with E-state index in [2.05, 4.69) is 11.9 Å². The van der Waals surface area contributed by atoms with Crippen molar-refractivity contribution in [3.8, 4) is 5.75 Å². The number of methoxy groups -OCH3 is 1. The third-order valence-corrected chi connectivity index (χ3v) is 5.26. The third kappa shape index (κ3) is 2.96. The molecule has 23 heavy (non-hydrogen) atoms. The summed E-state index contributed by atoms with van der Waals surface area (Å²) in [6.07, 6.45) is -0.922. The summed E-state index contributed by atoms with van der Waals surface area (Å²) in [6.45, 7) is 0. The normalized spacial score (nSPS) is 28.0. The minimum Gasteiger partial charge on any atom is -0.496 e. The van der Waals surface area contributed by atoms with E-state index in [1.807, 2.05) is 0 Å². The van der Waals surface area contributed by atoms with E-state index in [9.17, 15) is 18.0 Å². The van der Waals surface area contributed by atoms with Gasteiger partial charge in [-0.2, -0.15) is 13.2 Å². The summed E-state index contributed by atoms with van der Waals surface area (Å²) in [5.41, 5.74) is -0.756. The number of benzene rings is 1. The Kier molecular flexibility index (Phi) is 4.12. The smallest absolute Gasteiger partial charge is 0.419 e. The van der Waals surface area contributed by atoms with Crippen molar-refractivity contribution in [1.29, 1.82) is 0 Å². The van der Waals surface area contributed by atoms with Crippen LogP contribution in [0.25, 0.3) is 0 Å². The van der Waals surface area contributed by atoms with E-state index in [0.717, 1.165) is 31.7 Å². The lowest BCUT2D eigenvalue weighted by Crippen LogP contribution is -2.42. The molecule has 6 heteroatoms. The fourth-order valence-electron chi connectivity index (χ4n) is 3.94. The first-order valence-corrected chi connectivity index (χ1v) is 7.82. The van der Waals surface area contributed by atoms with Crippen LogP contribution in [-0.4, -0.2) is 36.9 Å². The first-order valence-electron chi connectivity index (χ1n) is 7.82. The molecule has 1 aromatic rings. The number of hydrogen-bond acceptors (Lipinski definition) is 3. The zero-order chi connectivity index (χ0) is 16.8. The molecular formula is C17H20F3NO2. The first kappa shape index (κ1) is 16.3. The second kappa shape index (κ2) is 5.82. The Labute approximate surface area is 133 Å². The van der Waals surface area contributed by atoms with Crippen LogP contribution in [0.1, 0.15) is 41.6 Å². The quantitative estimate of drug-likeness (QED) is 0.792. The van der Waals surface area contributed by atoms with Gasteiger partial charge in [-0.05, 0) is 50.9 Å². The van der Waals surface area contributed by atoms with E-state index < -0.39 is 11.7 Å². The van der Waals surface area contributed by atoms with Crippen molar-refractivity contribution < 1.29 is 22.7 Å². The van der Waals surface area contributed by atoms with Crippen molar-refractivity contribution in [1.82, 2.24) is 4.90 Å². The number of carbonyl (C=O) groups excluding carboxylic acids is 1. The average molecular weight is 327 g/mol. The van der Waals surface area contributed by atoms with Crippen LogP contribution in [-0.2, 0) is 6.18 Å². The minimum atomic E-state index is -4.53. The zero-order valence-corrected chi connectivity index (χ0v) is 13.2. The molecule has 1 aromatic carbocycles. The largest absolute Gasteiger partial charge is 0.496 e. The number of nitrogens with zero attached hydrogens (tertiary/aromatic N) is 1. The van der Waals surface area contributed by atoms with Gasteiger partial charge < -0.3 is 9.64 Å². The number of carbonyl (C=O) groups is 1. The number of Topliss-reactive ketones (excluding diaryl/α,β-unsaturated/α-hetero) is 1. The molecule has 0 saturated carbocycles. The van der Waals surface area contributed by atoms with Gasteiger partial charge in [-0.25, -0.2) is 0 Å². The fraction of sp³-hybridized carbons (Fsp3) is 0.588. The Morgan fingerprint density at radius 1 is 1.22 bits per heavy atom. The van der Waals surface area contributed by atoms with E-state index in [4.69, 9.17) is 4.74 Å². The van der Waals surface area contributed by atoms with Gasteiger partial charge in [-0.1, -0.05) is 0 Å². The highest BCUT2D eigenvalue weighted by atomic mass is 19.4. The summed E-state index contributed by atoms with van der Waals surface area (Å²) < 4.78 is 44.1. The van der Waals surface area contributed by atoms with Gasteiger partial charge in [0.05, 0.1) is 12.7 Å². The highest BCUT2D eigenvalue weighted by Gasteiger charge is 2.41. The number of fused-ring (bicyclic) bond motifs is 2. The molecule has 2 saturated heterocycles. The topological polar surface area (TPSA) is 29.5 Å². The summed E-state index contributed by atoms with van der Waals surface area (Å²) in [5.74, 6) is -0.612. The molecule has 0 aliphatic carbocycles. The molecular weight excluding hydrogens is 307 g/mol. The van der Waals surface area contributed by atoms with Crippen molar-refractivity contribution in [2.75, 3.05) is 14.2 Å². The van der Waals surface area contributed by atoms with E-state index in [1.54, 1.807) is 0 Å². The van der Waals surface area contributed by atoms with Gasteiger partial charge in [0.15, 0.2) is 5.78 Å². The van der Waals surface area contributed by atoms with E-state index >= 15 is 0 Å². The number of piperidine rings is 1. The van der Waals surface area contributed by atoms with E-state index in [1.165, 1.54) is 19.2 Å². The maximum Gasteiger partial charge on any atom is 0.419 e. The van der Waals surface area contributed by atoms with Gasteiger partial charge in [0.1, 0.15) is 5.75 Å².